The second-order valence-electron chi connectivity index (χ2n) is 4.77. The fraction of sp³-hybridized carbons (Fsp3) is 0.333. The fourth-order valence-corrected chi connectivity index (χ4v) is 2.64. The van der Waals surface area contributed by atoms with Gasteiger partial charge in [0, 0.05) is 18.2 Å². The number of rotatable bonds is 7. The molecule has 122 valence electrons. The van der Waals surface area contributed by atoms with E-state index >= 15 is 0 Å². The van der Waals surface area contributed by atoms with Crippen LogP contribution in [0.25, 0.3) is 11.5 Å². The molecule has 0 radical (unpaired) electrons. The highest BCUT2D eigenvalue weighted by molar-refractivity contribution is 6.44. The Kier molecular flexibility index (Phi) is 6.55. The van der Waals surface area contributed by atoms with E-state index in [4.69, 9.17) is 49.6 Å². The molecule has 1 aromatic heterocycles. The smallest absolute Gasteiger partial charge is 0.232 e. The lowest BCUT2D eigenvalue weighted by atomic mass is 10.2. The number of anilines is 1. The van der Waals surface area contributed by atoms with Crippen molar-refractivity contribution in [2.45, 2.75) is 19.3 Å². The molecule has 0 aliphatic heterocycles. The molecule has 0 saturated heterocycles. The van der Waals surface area contributed by atoms with Crippen LogP contribution in [-0.4, -0.2) is 23.2 Å². The van der Waals surface area contributed by atoms with Crippen molar-refractivity contribution in [3.05, 3.63) is 32.9 Å². The number of aliphatic hydroxyl groups excluding tert-OH is 1. The average Bonchev–Trinajstić information content (AvgIpc) is 2.93. The van der Waals surface area contributed by atoms with Gasteiger partial charge in [0.1, 0.15) is 6.07 Å². The van der Waals surface area contributed by atoms with Crippen LogP contribution in [0.1, 0.15) is 25.0 Å². The molecule has 23 heavy (non-hydrogen) atoms. The first-order valence-corrected chi connectivity index (χ1v) is 8.10. The number of nitriles is 1. The summed E-state index contributed by atoms with van der Waals surface area (Å²) in [6.07, 6.45) is 2.46. The first kappa shape index (κ1) is 17.9. The minimum absolute atomic E-state index is 0.134. The van der Waals surface area contributed by atoms with Gasteiger partial charge in [-0.2, -0.15) is 10.2 Å². The highest BCUT2D eigenvalue weighted by Gasteiger charge is 2.18. The summed E-state index contributed by atoms with van der Waals surface area (Å²) < 4.78 is 5.59. The Morgan fingerprint density at radius 3 is 2.70 bits per heavy atom. The maximum absolute atomic E-state index is 9.17. The molecule has 0 amide bonds. The number of hydrogen-bond acceptors (Lipinski definition) is 5. The van der Waals surface area contributed by atoms with Crippen LogP contribution in [0.3, 0.4) is 0 Å². The molecule has 0 unspecified atom stereocenters. The predicted octanol–water partition coefficient (Wildman–Crippen LogP) is 4.75. The van der Waals surface area contributed by atoms with Crippen LogP contribution in [0.2, 0.25) is 15.1 Å². The number of halogens is 3. The largest absolute Gasteiger partial charge is 0.419 e. The Morgan fingerprint density at radius 1 is 1.22 bits per heavy atom. The minimum atomic E-state index is 0.134. The number of aromatic nitrogens is 1. The van der Waals surface area contributed by atoms with Crippen molar-refractivity contribution in [3.63, 3.8) is 0 Å². The van der Waals surface area contributed by atoms with Gasteiger partial charge in [-0.15, -0.1) is 0 Å². The topological polar surface area (TPSA) is 82.1 Å². The van der Waals surface area contributed by atoms with Crippen molar-refractivity contribution in [1.82, 2.24) is 4.98 Å². The van der Waals surface area contributed by atoms with E-state index in [0.717, 1.165) is 19.3 Å². The van der Waals surface area contributed by atoms with Gasteiger partial charge in [0.15, 0.2) is 0 Å². The summed E-state index contributed by atoms with van der Waals surface area (Å²) in [6.45, 7) is 0.775. The van der Waals surface area contributed by atoms with Gasteiger partial charge in [0.2, 0.25) is 17.5 Å². The van der Waals surface area contributed by atoms with Gasteiger partial charge < -0.3 is 14.8 Å². The number of nitrogens with zero attached hydrogens (tertiary/aromatic N) is 2. The Hall–Kier alpha value is -1.45. The van der Waals surface area contributed by atoms with E-state index in [1.165, 1.54) is 6.07 Å². The van der Waals surface area contributed by atoms with Crippen LogP contribution in [0.5, 0.6) is 0 Å². The molecule has 8 heteroatoms. The van der Waals surface area contributed by atoms with Gasteiger partial charge in [-0.25, -0.2) is 0 Å². The fourth-order valence-electron chi connectivity index (χ4n) is 1.96. The van der Waals surface area contributed by atoms with Gasteiger partial charge in [0.25, 0.3) is 0 Å². The second-order valence-corrected chi connectivity index (χ2v) is 5.99. The van der Waals surface area contributed by atoms with E-state index < -0.39 is 0 Å². The Labute approximate surface area is 148 Å². The van der Waals surface area contributed by atoms with Crippen molar-refractivity contribution in [2.75, 3.05) is 18.5 Å². The highest BCUT2D eigenvalue weighted by atomic mass is 35.5. The Bertz CT molecular complexity index is 725. The minimum Gasteiger partial charge on any atom is -0.419 e. The molecule has 1 heterocycles. The normalized spacial score (nSPS) is 10.6. The van der Waals surface area contributed by atoms with Crippen LogP contribution in [0.15, 0.2) is 16.5 Å². The summed E-state index contributed by atoms with van der Waals surface area (Å²) in [5.41, 5.74) is 0.559. The van der Waals surface area contributed by atoms with E-state index in [0.29, 0.717) is 17.1 Å². The number of benzene rings is 1. The molecule has 0 aliphatic rings. The molecule has 0 fully saturated rings. The Balaban J connectivity index is 2.21. The monoisotopic (exact) mass is 373 g/mol. The van der Waals surface area contributed by atoms with Gasteiger partial charge in [-0.3, -0.25) is 0 Å². The predicted molar refractivity (Wildman–Crippen MR) is 91.1 cm³/mol. The first-order chi connectivity index (χ1) is 11.1. The molecular formula is C15H14Cl3N3O2. The molecule has 2 rings (SSSR count). The van der Waals surface area contributed by atoms with Gasteiger partial charge in [-0.1, -0.05) is 34.8 Å². The van der Waals surface area contributed by atoms with Crippen molar-refractivity contribution >= 4 is 40.7 Å². The zero-order valence-electron chi connectivity index (χ0n) is 12.1. The molecule has 2 aromatic rings. The van der Waals surface area contributed by atoms with Crippen molar-refractivity contribution in [3.8, 4) is 17.5 Å². The molecule has 2 N–H and O–H groups in total. The van der Waals surface area contributed by atoms with Crippen LogP contribution < -0.4 is 5.32 Å². The lowest BCUT2D eigenvalue weighted by molar-refractivity contribution is 0.283. The summed E-state index contributed by atoms with van der Waals surface area (Å²) in [5.74, 6) is 0.451. The third-order valence-electron chi connectivity index (χ3n) is 3.08. The van der Waals surface area contributed by atoms with Gasteiger partial charge >= 0.3 is 0 Å². The van der Waals surface area contributed by atoms with E-state index in [1.54, 1.807) is 6.07 Å². The molecule has 0 saturated carbocycles. The van der Waals surface area contributed by atoms with Crippen LogP contribution >= 0.6 is 34.8 Å². The number of nitrogens with one attached hydrogen (secondary N) is 1. The molecule has 5 nitrogen and oxygen atoms in total. The summed E-state index contributed by atoms with van der Waals surface area (Å²) >= 11 is 18.1. The zero-order chi connectivity index (χ0) is 16.8. The summed E-state index contributed by atoms with van der Waals surface area (Å²) in [6, 6.07) is 5.06. The number of hydrogen-bond donors (Lipinski definition) is 2. The highest BCUT2D eigenvalue weighted by Crippen LogP contribution is 2.37. The molecule has 0 aliphatic carbocycles. The summed E-state index contributed by atoms with van der Waals surface area (Å²) in [7, 11) is 0. The van der Waals surface area contributed by atoms with Gasteiger partial charge in [0.05, 0.1) is 15.6 Å². The number of unbranched alkanes of at least 4 members (excludes halogenated alkanes) is 2. The quantitative estimate of drug-likeness (QED) is 0.540. The third kappa shape index (κ3) is 4.52. The molecule has 0 atom stereocenters. The lowest BCUT2D eigenvalue weighted by Gasteiger charge is -2.04. The SMILES string of the molecule is N#Cc1nc(-c2cc(Cl)cc(Cl)c2Cl)oc1NCCCCCO. The van der Waals surface area contributed by atoms with Crippen LogP contribution in [-0.2, 0) is 0 Å². The van der Waals surface area contributed by atoms with Crippen LogP contribution in [0, 0.1) is 11.3 Å². The average molecular weight is 375 g/mol. The zero-order valence-corrected chi connectivity index (χ0v) is 14.3. The van der Waals surface area contributed by atoms with E-state index in [-0.39, 0.29) is 34.1 Å². The number of aliphatic hydroxyl groups is 1. The van der Waals surface area contributed by atoms with Crippen LogP contribution in [0.4, 0.5) is 5.88 Å². The van der Waals surface area contributed by atoms with E-state index in [1.807, 2.05) is 6.07 Å². The Morgan fingerprint density at radius 2 is 2.00 bits per heavy atom. The van der Waals surface area contributed by atoms with Gasteiger partial charge in [-0.05, 0) is 31.4 Å². The number of oxazole rings is 1. The maximum Gasteiger partial charge on any atom is 0.232 e. The molecule has 1 aromatic carbocycles. The third-order valence-corrected chi connectivity index (χ3v) is 4.10. The first-order valence-electron chi connectivity index (χ1n) is 6.97. The lowest BCUT2D eigenvalue weighted by Crippen LogP contribution is -2.02. The second kappa shape index (κ2) is 8.42. The maximum atomic E-state index is 9.17. The van der Waals surface area contributed by atoms with Crippen molar-refractivity contribution in [2.24, 2.45) is 0 Å². The van der Waals surface area contributed by atoms with E-state index in [2.05, 4.69) is 10.3 Å². The van der Waals surface area contributed by atoms with Crippen molar-refractivity contribution in [1.29, 1.82) is 5.26 Å². The molecule has 0 spiro atoms. The molecule has 0 bridgehead atoms. The standard InChI is InChI=1S/C15H14Cl3N3O2/c16-9-6-10(13(18)11(17)7-9)14-21-12(8-19)15(23-14)20-4-2-1-3-5-22/h6-7,20,22H,1-5H2. The van der Waals surface area contributed by atoms with E-state index in [9.17, 15) is 0 Å². The molecular weight excluding hydrogens is 361 g/mol. The summed E-state index contributed by atoms with van der Waals surface area (Å²) in [4.78, 5) is 4.13. The summed E-state index contributed by atoms with van der Waals surface area (Å²) in [5, 5.41) is 21.9. The van der Waals surface area contributed by atoms with Crippen molar-refractivity contribution < 1.29 is 9.52 Å².